The number of hydrogen-bond donors (Lipinski definition) is 0. The van der Waals surface area contributed by atoms with Gasteiger partial charge in [-0.15, -0.1) is 0 Å². The molecule has 0 amide bonds. The van der Waals surface area contributed by atoms with Crippen molar-refractivity contribution >= 4 is 43.6 Å². The molecule has 22 heavy (non-hydrogen) atoms. The lowest BCUT2D eigenvalue weighted by Gasteiger charge is -2.34. The molecule has 0 aromatic rings. The Bertz CT molecular complexity index is 472. The molecule has 0 saturated carbocycles. The summed E-state index contributed by atoms with van der Waals surface area (Å²) in [7, 11) is 0.507. The predicted molar refractivity (Wildman–Crippen MR) is 58.5 cm³/mol. The van der Waals surface area contributed by atoms with Crippen molar-refractivity contribution in [2.24, 2.45) is 0 Å². The van der Waals surface area contributed by atoms with Gasteiger partial charge >= 0.3 is 29.9 Å². The summed E-state index contributed by atoms with van der Waals surface area (Å²) in [5.74, 6) is -26.3. The molecule has 0 aliphatic heterocycles. The number of carbonyl (C=O) groups is 2. The van der Waals surface area contributed by atoms with Crippen molar-refractivity contribution in [3.05, 3.63) is 0 Å². The molecule has 14 heteroatoms. The zero-order valence-electron chi connectivity index (χ0n) is 9.88. The normalized spacial score (nSPS) is 14.7. The third-order valence-corrected chi connectivity index (χ3v) is 3.52. The summed E-state index contributed by atoms with van der Waals surface area (Å²) in [6.07, 6.45) is -7.08. The standard InChI is InChI=1S/C8H3Br2F9O3/c1-22-3(21)4(9,10)2(20)5(11,12)6(13,14)7(15,16)8(17,18)19/h1H3. The van der Waals surface area contributed by atoms with E-state index in [0.717, 1.165) is 0 Å². The van der Waals surface area contributed by atoms with E-state index in [2.05, 4.69) is 4.74 Å². The van der Waals surface area contributed by atoms with Crippen LogP contribution in [0.2, 0.25) is 0 Å². The minimum atomic E-state index is -7.24. The van der Waals surface area contributed by atoms with Gasteiger partial charge < -0.3 is 4.74 Å². The molecule has 0 fully saturated rings. The number of methoxy groups -OCH3 is 1. The molecule has 0 atom stereocenters. The summed E-state index contributed by atoms with van der Waals surface area (Å²) < 4.78 is 114. The van der Waals surface area contributed by atoms with Crippen molar-refractivity contribution in [1.29, 1.82) is 0 Å². The first kappa shape index (κ1) is 21.5. The first-order chi connectivity index (χ1) is 9.39. The fourth-order valence-electron chi connectivity index (χ4n) is 0.936. The van der Waals surface area contributed by atoms with Crippen LogP contribution in [0.1, 0.15) is 0 Å². The van der Waals surface area contributed by atoms with Crippen LogP contribution in [-0.2, 0) is 14.3 Å². The Morgan fingerprint density at radius 2 is 1.18 bits per heavy atom. The first-order valence-electron chi connectivity index (χ1n) is 4.60. The Hall–Kier alpha value is -0.530. The second-order valence-electron chi connectivity index (χ2n) is 3.62. The fraction of sp³-hybridized carbons (Fsp3) is 0.750. The van der Waals surface area contributed by atoms with Crippen molar-refractivity contribution in [3.63, 3.8) is 0 Å². The largest absolute Gasteiger partial charge is 0.467 e. The lowest BCUT2D eigenvalue weighted by molar-refractivity contribution is -0.388. The summed E-state index contributed by atoms with van der Waals surface area (Å²) in [5.41, 5.74) is 0. The van der Waals surface area contributed by atoms with E-state index >= 15 is 0 Å². The van der Waals surface area contributed by atoms with Gasteiger partial charge in [-0.3, -0.25) is 4.79 Å². The van der Waals surface area contributed by atoms with E-state index in [4.69, 9.17) is 0 Å². The van der Waals surface area contributed by atoms with Crippen molar-refractivity contribution in [3.8, 4) is 0 Å². The van der Waals surface area contributed by atoms with E-state index in [1.165, 1.54) is 0 Å². The fourth-order valence-corrected chi connectivity index (χ4v) is 1.76. The summed E-state index contributed by atoms with van der Waals surface area (Å²) in [6.45, 7) is 0. The number of halogens is 11. The lowest BCUT2D eigenvalue weighted by atomic mass is 9.98. The number of rotatable bonds is 5. The SMILES string of the molecule is COC(=O)C(Br)(Br)C(=O)C(F)(F)C(F)(F)C(F)(F)C(F)(F)F. The van der Waals surface area contributed by atoms with Crippen LogP contribution in [-0.4, -0.2) is 46.0 Å². The highest BCUT2D eigenvalue weighted by Gasteiger charge is 2.85. The van der Waals surface area contributed by atoms with Crippen LogP contribution in [0, 0.1) is 0 Å². The number of hydrogen-bond acceptors (Lipinski definition) is 3. The van der Waals surface area contributed by atoms with Crippen LogP contribution in [0.25, 0.3) is 0 Å². The van der Waals surface area contributed by atoms with Gasteiger partial charge in [-0.1, -0.05) is 31.9 Å². The number of ether oxygens (including phenoxy) is 1. The molecule has 0 saturated heterocycles. The maximum atomic E-state index is 13.3. The third-order valence-electron chi connectivity index (χ3n) is 2.16. The van der Waals surface area contributed by atoms with Crippen LogP contribution in [0.15, 0.2) is 0 Å². The molecule has 0 aliphatic rings. The summed E-state index contributed by atoms with van der Waals surface area (Å²) in [4.78, 5) is 22.2. The molecule has 0 heterocycles. The van der Waals surface area contributed by atoms with Gasteiger partial charge in [-0.2, -0.15) is 39.5 Å². The van der Waals surface area contributed by atoms with Crippen molar-refractivity contribution < 1.29 is 53.8 Å². The van der Waals surface area contributed by atoms with Gasteiger partial charge in [0.2, 0.25) is 9.02 Å². The summed E-state index contributed by atoms with van der Waals surface area (Å²) >= 11 is 3.74. The highest BCUT2D eigenvalue weighted by atomic mass is 79.9. The van der Waals surface area contributed by atoms with Crippen molar-refractivity contribution in [1.82, 2.24) is 0 Å². The average Bonchev–Trinajstić information content (AvgIpc) is 2.34. The Kier molecular flexibility index (Phi) is 5.69. The smallest absolute Gasteiger partial charge is 0.460 e. The van der Waals surface area contributed by atoms with Gasteiger partial charge in [0, 0.05) is 0 Å². The van der Waals surface area contributed by atoms with Gasteiger partial charge in [-0.25, -0.2) is 4.79 Å². The van der Waals surface area contributed by atoms with Gasteiger partial charge in [0.25, 0.3) is 0 Å². The second-order valence-corrected chi connectivity index (χ2v) is 7.06. The minimum Gasteiger partial charge on any atom is -0.467 e. The average molecular weight is 478 g/mol. The molecule has 0 bridgehead atoms. The number of Topliss-reactive ketones (excluding diaryl/α,β-unsaturated/α-hetero) is 1. The minimum absolute atomic E-state index is 0.507. The number of alkyl halides is 11. The molecule has 130 valence electrons. The Balaban J connectivity index is 6.03. The zero-order chi connectivity index (χ0) is 18.4. The third kappa shape index (κ3) is 3.08. The van der Waals surface area contributed by atoms with Crippen molar-refractivity contribution in [2.45, 2.75) is 27.2 Å². The quantitative estimate of drug-likeness (QED) is 0.262. The van der Waals surface area contributed by atoms with Gasteiger partial charge in [-0.05, 0) is 0 Å². The Morgan fingerprint density at radius 3 is 1.45 bits per heavy atom. The molecule has 0 rings (SSSR count). The molecule has 0 radical (unpaired) electrons. The monoisotopic (exact) mass is 476 g/mol. The molecule has 0 unspecified atom stereocenters. The molecule has 3 nitrogen and oxygen atoms in total. The van der Waals surface area contributed by atoms with Crippen LogP contribution >= 0.6 is 31.9 Å². The number of carbonyl (C=O) groups excluding carboxylic acids is 2. The van der Waals surface area contributed by atoms with E-state index in [1.54, 1.807) is 0 Å². The maximum Gasteiger partial charge on any atom is 0.460 e. The Labute approximate surface area is 132 Å². The van der Waals surface area contributed by atoms with E-state index in [-0.39, 0.29) is 0 Å². The maximum absolute atomic E-state index is 13.3. The van der Waals surface area contributed by atoms with E-state index in [0.29, 0.717) is 7.11 Å². The second kappa shape index (κ2) is 5.83. The highest BCUT2D eigenvalue weighted by molar-refractivity contribution is 9.26. The van der Waals surface area contributed by atoms with Gasteiger partial charge in [0.15, 0.2) is 0 Å². The molecule has 0 N–H and O–H groups in total. The van der Waals surface area contributed by atoms with E-state index in [1.807, 2.05) is 31.9 Å². The van der Waals surface area contributed by atoms with Crippen LogP contribution in [0.5, 0.6) is 0 Å². The summed E-state index contributed by atoms with van der Waals surface area (Å²) in [5, 5.41) is 0. The van der Waals surface area contributed by atoms with Crippen LogP contribution in [0.3, 0.4) is 0 Å². The lowest BCUT2D eigenvalue weighted by Crippen LogP contribution is -2.66. The number of ketones is 1. The first-order valence-corrected chi connectivity index (χ1v) is 6.19. The molecule has 0 aromatic carbocycles. The number of esters is 1. The molecular weight excluding hydrogens is 475 g/mol. The molecule has 0 aromatic heterocycles. The van der Waals surface area contributed by atoms with E-state index < -0.39 is 38.9 Å². The predicted octanol–water partition coefficient (Wildman–Crippen LogP) is 3.68. The van der Waals surface area contributed by atoms with Gasteiger partial charge in [0.05, 0.1) is 7.11 Å². The topological polar surface area (TPSA) is 43.4 Å². The molecular formula is C8H3Br2F9O3. The summed E-state index contributed by atoms with van der Waals surface area (Å²) in [6, 6.07) is 0. The van der Waals surface area contributed by atoms with Crippen LogP contribution < -0.4 is 0 Å². The molecule has 0 aliphatic carbocycles. The van der Waals surface area contributed by atoms with Crippen LogP contribution in [0.4, 0.5) is 39.5 Å². The van der Waals surface area contributed by atoms with E-state index in [9.17, 15) is 49.1 Å². The van der Waals surface area contributed by atoms with Crippen molar-refractivity contribution in [2.75, 3.05) is 7.11 Å². The zero-order valence-corrected chi connectivity index (χ0v) is 13.1. The van der Waals surface area contributed by atoms with Gasteiger partial charge in [0.1, 0.15) is 0 Å². The highest BCUT2D eigenvalue weighted by Crippen LogP contribution is 2.55. The Morgan fingerprint density at radius 1 is 0.818 bits per heavy atom. The molecule has 0 spiro atoms.